The average molecular weight is 386 g/mol. The quantitative estimate of drug-likeness (QED) is 0.701. The highest BCUT2D eigenvalue weighted by Gasteiger charge is 2.23. The van der Waals surface area contributed by atoms with Crippen LogP contribution in [0.4, 0.5) is 17.5 Å². The normalized spacial score (nSPS) is 12.8. The highest BCUT2D eigenvalue weighted by Crippen LogP contribution is 2.28. The van der Waals surface area contributed by atoms with E-state index in [0.29, 0.717) is 17.4 Å². The molecule has 3 rings (SSSR count). The molecule has 0 aliphatic carbocycles. The van der Waals surface area contributed by atoms with E-state index in [-0.39, 0.29) is 17.1 Å². The zero-order valence-corrected chi connectivity index (χ0v) is 16.7. The summed E-state index contributed by atoms with van der Waals surface area (Å²) in [7, 11) is -1.03. The number of nitrogen functional groups attached to an aromatic ring is 1. The van der Waals surface area contributed by atoms with Gasteiger partial charge in [-0.05, 0) is 30.7 Å². The van der Waals surface area contributed by atoms with E-state index in [0.717, 1.165) is 16.1 Å². The predicted octanol–water partition coefficient (Wildman–Crippen LogP) is 3.20. The van der Waals surface area contributed by atoms with E-state index >= 15 is 0 Å². The van der Waals surface area contributed by atoms with Crippen molar-refractivity contribution >= 4 is 28.3 Å². The zero-order chi connectivity index (χ0) is 19.8. The number of aromatic nitrogens is 4. The van der Waals surface area contributed by atoms with Crippen LogP contribution in [0, 0.1) is 6.92 Å². The third-order valence-corrected chi connectivity index (χ3v) is 4.93. The Bertz CT molecular complexity index is 1010. The van der Waals surface area contributed by atoms with Crippen molar-refractivity contribution in [3.63, 3.8) is 0 Å². The number of aryl methyl sites for hydroxylation is 1. The van der Waals surface area contributed by atoms with Crippen LogP contribution in [-0.2, 0) is 16.2 Å². The molecule has 0 bridgehead atoms. The summed E-state index contributed by atoms with van der Waals surface area (Å²) in [5.41, 5.74) is 7.99. The lowest BCUT2D eigenvalue weighted by Gasteiger charge is -2.11. The summed E-state index contributed by atoms with van der Waals surface area (Å²) in [5, 5.41) is 11.2. The second-order valence-electron chi connectivity index (χ2n) is 7.21. The van der Waals surface area contributed by atoms with Gasteiger partial charge in [0.25, 0.3) is 5.89 Å². The van der Waals surface area contributed by atoms with Crippen LogP contribution in [0.15, 0.2) is 33.7 Å². The number of nitrogens with two attached hydrogens (primary N) is 1. The van der Waals surface area contributed by atoms with Gasteiger partial charge >= 0.3 is 0 Å². The predicted molar refractivity (Wildman–Crippen MR) is 105 cm³/mol. The van der Waals surface area contributed by atoms with Crippen LogP contribution in [0.5, 0.6) is 0 Å². The lowest BCUT2D eigenvalue weighted by Crippen LogP contribution is -2.11. The molecule has 9 heteroatoms. The van der Waals surface area contributed by atoms with E-state index in [9.17, 15) is 4.21 Å². The van der Waals surface area contributed by atoms with Crippen molar-refractivity contribution in [2.24, 2.45) is 0 Å². The molecule has 0 spiro atoms. The Balaban J connectivity index is 1.84. The molecule has 0 amide bonds. The molecule has 0 aliphatic heterocycles. The second-order valence-corrected chi connectivity index (χ2v) is 8.56. The molecule has 2 aromatic heterocycles. The van der Waals surface area contributed by atoms with Crippen LogP contribution in [-0.4, -0.2) is 30.6 Å². The number of nitrogens with zero attached hydrogens (tertiary/aromatic N) is 4. The standard InChI is InChI=1S/C18H22N6O2S/c1-10-8-11(6-7-13(10)27(5)25)21-17-20-9-12(14(19)22-17)15-23-24-16(26-15)18(2,3)4/h6-9H,1-5H3,(H3,19,20,21,22). The molecule has 1 unspecified atom stereocenters. The Labute approximate surface area is 160 Å². The first-order valence-electron chi connectivity index (χ1n) is 8.33. The molecule has 0 saturated carbocycles. The molecule has 0 fully saturated rings. The first-order chi connectivity index (χ1) is 12.6. The summed E-state index contributed by atoms with van der Waals surface area (Å²) in [6.45, 7) is 7.86. The summed E-state index contributed by atoms with van der Waals surface area (Å²) in [5.74, 6) is 1.38. The van der Waals surface area contributed by atoms with Crippen molar-refractivity contribution < 1.29 is 8.63 Å². The van der Waals surface area contributed by atoms with Gasteiger partial charge in [-0.3, -0.25) is 4.21 Å². The average Bonchev–Trinajstić information content (AvgIpc) is 3.04. The van der Waals surface area contributed by atoms with Crippen molar-refractivity contribution in [1.29, 1.82) is 0 Å². The Hall–Kier alpha value is -2.81. The summed E-state index contributed by atoms with van der Waals surface area (Å²) in [4.78, 5) is 9.34. The summed E-state index contributed by atoms with van der Waals surface area (Å²) in [6.07, 6.45) is 3.20. The minimum Gasteiger partial charge on any atom is -0.420 e. The third kappa shape index (κ3) is 4.13. The topological polar surface area (TPSA) is 120 Å². The van der Waals surface area contributed by atoms with Gasteiger partial charge in [-0.2, -0.15) is 4.98 Å². The van der Waals surface area contributed by atoms with Crippen LogP contribution in [0.25, 0.3) is 11.5 Å². The molecule has 142 valence electrons. The molecular formula is C18H22N6O2S. The highest BCUT2D eigenvalue weighted by atomic mass is 32.2. The van der Waals surface area contributed by atoms with Crippen LogP contribution in [0.3, 0.4) is 0 Å². The molecule has 3 N–H and O–H groups in total. The Morgan fingerprint density at radius 1 is 1.22 bits per heavy atom. The molecule has 3 aromatic rings. The number of benzene rings is 1. The SMILES string of the molecule is Cc1cc(Nc2ncc(-c3nnc(C(C)(C)C)o3)c(N)n2)ccc1S(C)=O. The van der Waals surface area contributed by atoms with Gasteiger partial charge in [-0.1, -0.05) is 20.8 Å². The van der Waals surface area contributed by atoms with Gasteiger partial charge < -0.3 is 15.5 Å². The van der Waals surface area contributed by atoms with E-state index in [1.807, 2.05) is 45.9 Å². The lowest BCUT2D eigenvalue weighted by molar-refractivity contribution is 0.399. The fourth-order valence-electron chi connectivity index (χ4n) is 2.43. The number of nitrogens with one attached hydrogen (secondary N) is 1. The second kappa shape index (κ2) is 7.07. The minimum absolute atomic E-state index is 0.236. The maximum absolute atomic E-state index is 11.6. The maximum atomic E-state index is 11.6. The fourth-order valence-corrected chi connectivity index (χ4v) is 3.21. The number of rotatable bonds is 4. The van der Waals surface area contributed by atoms with E-state index in [1.165, 1.54) is 0 Å². The highest BCUT2D eigenvalue weighted by molar-refractivity contribution is 7.84. The van der Waals surface area contributed by atoms with Gasteiger partial charge in [0, 0.05) is 28.5 Å². The molecule has 0 saturated heterocycles. The first-order valence-corrected chi connectivity index (χ1v) is 9.89. The van der Waals surface area contributed by atoms with Gasteiger partial charge in [0.15, 0.2) is 0 Å². The minimum atomic E-state index is -1.03. The number of hydrogen-bond acceptors (Lipinski definition) is 8. The summed E-state index contributed by atoms with van der Waals surface area (Å²) >= 11 is 0. The summed E-state index contributed by atoms with van der Waals surface area (Å²) < 4.78 is 17.3. The summed E-state index contributed by atoms with van der Waals surface area (Å²) in [6, 6.07) is 5.53. The van der Waals surface area contributed by atoms with Crippen molar-refractivity contribution in [2.75, 3.05) is 17.3 Å². The molecule has 8 nitrogen and oxygen atoms in total. The molecular weight excluding hydrogens is 364 g/mol. The Morgan fingerprint density at radius 3 is 2.52 bits per heavy atom. The van der Waals surface area contributed by atoms with Crippen LogP contribution < -0.4 is 11.1 Å². The van der Waals surface area contributed by atoms with Gasteiger partial charge in [0.1, 0.15) is 5.82 Å². The van der Waals surface area contributed by atoms with Crippen molar-refractivity contribution in [3.8, 4) is 11.5 Å². The van der Waals surface area contributed by atoms with Crippen molar-refractivity contribution in [2.45, 2.75) is 38.0 Å². The largest absolute Gasteiger partial charge is 0.420 e. The molecule has 0 aliphatic rings. The Kier molecular flexibility index (Phi) is 4.97. The van der Waals surface area contributed by atoms with Gasteiger partial charge in [-0.15, -0.1) is 10.2 Å². The molecule has 1 aromatic carbocycles. The van der Waals surface area contributed by atoms with Crippen molar-refractivity contribution in [1.82, 2.24) is 20.2 Å². The monoisotopic (exact) mass is 386 g/mol. The van der Waals surface area contributed by atoms with Crippen LogP contribution >= 0.6 is 0 Å². The maximum Gasteiger partial charge on any atom is 0.253 e. The fraction of sp³-hybridized carbons (Fsp3) is 0.333. The van der Waals surface area contributed by atoms with E-state index in [4.69, 9.17) is 10.2 Å². The van der Waals surface area contributed by atoms with Crippen molar-refractivity contribution in [3.05, 3.63) is 35.9 Å². The van der Waals surface area contributed by atoms with Crippen LogP contribution in [0.1, 0.15) is 32.2 Å². The lowest BCUT2D eigenvalue weighted by atomic mass is 9.97. The first kappa shape index (κ1) is 19.0. The van der Waals surface area contributed by atoms with Gasteiger partial charge in [0.2, 0.25) is 11.8 Å². The van der Waals surface area contributed by atoms with E-state index in [2.05, 4.69) is 25.5 Å². The molecule has 1 atom stereocenters. The number of anilines is 3. The molecule has 0 radical (unpaired) electrons. The molecule has 2 heterocycles. The van der Waals surface area contributed by atoms with Gasteiger partial charge in [-0.25, -0.2) is 4.98 Å². The van der Waals surface area contributed by atoms with Gasteiger partial charge in [0.05, 0.1) is 16.4 Å². The zero-order valence-electron chi connectivity index (χ0n) is 15.9. The Morgan fingerprint density at radius 2 is 1.96 bits per heavy atom. The third-order valence-electron chi connectivity index (χ3n) is 3.86. The smallest absolute Gasteiger partial charge is 0.253 e. The van der Waals surface area contributed by atoms with E-state index < -0.39 is 10.8 Å². The van der Waals surface area contributed by atoms with Crippen LogP contribution in [0.2, 0.25) is 0 Å². The van der Waals surface area contributed by atoms with E-state index in [1.54, 1.807) is 12.5 Å². The number of hydrogen-bond donors (Lipinski definition) is 2. The molecule has 27 heavy (non-hydrogen) atoms.